The molecule has 2 aliphatic rings. The van der Waals surface area contributed by atoms with Gasteiger partial charge in [-0.2, -0.15) is 0 Å². The Balaban J connectivity index is 2.01. The molecule has 140 valence electrons. The number of hydrogen-bond donors (Lipinski definition) is 0. The molecule has 1 heterocycles. The summed E-state index contributed by atoms with van der Waals surface area (Å²) < 4.78 is 21.2. The molecule has 0 N–H and O–H groups in total. The third-order valence-corrected chi connectivity index (χ3v) is 4.74. The topological polar surface area (TPSA) is 71.1 Å². The molecule has 1 saturated carbocycles. The van der Waals surface area contributed by atoms with Crippen LogP contribution < -0.4 is 0 Å². The van der Waals surface area contributed by atoms with Crippen molar-refractivity contribution in [1.29, 1.82) is 0 Å². The highest BCUT2D eigenvalue weighted by atomic mass is 16.7. The number of methoxy groups -OCH3 is 2. The lowest BCUT2D eigenvalue weighted by molar-refractivity contribution is -0.177. The van der Waals surface area contributed by atoms with Gasteiger partial charge >= 0.3 is 11.9 Å². The molecule has 0 aromatic heterocycles. The van der Waals surface area contributed by atoms with Crippen LogP contribution >= 0.6 is 0 Å². The monoisotopic (exact) mass is 352 g/mol. The van der Waals surface area contributed by atoms with E-state index < -0.39 is 17.4 Å². The van der Waals surface area contributed by atoms with Crippen molar-refractivity contribution in [1.82, 2.24) is 0 Å². The zero-order chi connectivity index (χ0) is 18.3. The second kappa shape index (κ2) is 9.15. The lowest BCUT2D eigenvalue weighted by atomic mass is 10.0. The van der Waals surface area contributed by atoms with Crippen molar-refractivity contribution >= 4 is 11.9 Å². The fourth-order valence-electron chi connectivity index (χ4n) is 3.16. The van der Waals surface area contributed by atoms with E-state index >= 15 is 0 Å². The first-order valence-electron chi connectivity index (χ1n) is 8.81. The van der Waals surface area contributed by atoms with Crippen molar-refractivity contribution in [3.63, 3.8) is 0 Å². The second-order valence-corrected chi connectivity index (χ2v) is 6.43. The molecule has 1 aliphatic carbocycles. The summed E-state index contributed by atoms with van der Waals surface area (Å²) in [4.78, 5) is 24.0. The van der Waals surface area contributed by atoms with Gasteiger partial charge in [-0.15, -0.1) is 0 Å². The summed E-state index contributed by atoms with van der Waals surface area (Å²) in [5.74, 6) is -1.32. The van der Waals surface area contributed by atoms with E-state index in [-0.39, 0.29) is 18.3 Å². The van der Waals surface area contributed by atoms with Crippen molar-refractivity contribution in [3.8, 4) is 0 Å². The maximum Gasteiger partial charge on any atom is 0.323 e. The van der Waals surface area contributed by atoms with E-state index in [4.69, 9.17) is 18.9 Å². The SMILES string of the molecule is CC=CCC(C=CC1CC1(C(=O)OC)C(=O)OC)OC1CCCCO1. The fraction of sp³-hybridized carbons (Fsp3) is 0.684. The molecule has 1 aliphatic heterocycles. The van der Waals surface area contributed by atoms with Crippen LogP contribution in [0.1, 0.15) is 39.0 Å². The molecule has 2 rings (SSSR count). The number of ether oxygens (including phenoxy) is 4. The van der Waals surface area contributed by atoms with Gasteiger partial charge in [-0.05, 0) is 39.0 Å². The predicted octanol–water partition coefficient (Wildman–Crippen LogP) is 2.77. The predicted molar refractivity (Wildman–Crippen MR) is 91.6 cm³/mol. The van der Waals surface area contributed by atoms with E-state index in [9.17, 15) is 9.59 Å². The van der Waals surface area contributed by atoms with Gasteiger partial charge in [0.05, 0.1) is 20.3 Å². The Hall–Kier alpha value is -1.66. The number of carbonyl (C=O) groups is 2. The maximum atomic E-state index is 12.0. The molecule has 3 unspecified atom stereocenters. The highest BCUT2D eigenvalue weighted by Crippen LogP contribution is 2.55. The molecule has 0 bridgehead atoms. The van der Waals surface area contributed by atoms with Crippen LogP contribution in [-0.2, 0) is 28.5 Å². The van der Waals surface area contributed by atoms with Crippen molar-refractivity contribution in [2.24, 2.45) is 11.3 Å². The number of allylic oxidation sites excluding steroid dienone is 2. The van der Waals surface area contributed by atoms with Crippen LogP contribution in [0.15, 0.2) is 24.3 Å². The van der Waals surface area contributed by atoms with Crippen molar-refractivity contribution in [2.45, 2.75) is 51.4 Å². The normalized spacial score (nSPS) is 26.5. The maximum absolute atomic E-state index is 12.0. The number of hydrogen-bond acceptors (Lipinski definition) is 6. The Bertz CT molecular complexity index is 502. The van der Waals surface area contributed by atoms with Crippen molar-refractivity contribution in [2.75, 3.05) is 20.8 Å². The quantitative estimate of drug-likeness (QED) is 0.380. The molecule has 0 aromatic rings. The van der Waals surface area contributed by atoms with Crippen LogP contribution in [-0.4, -0.2) is 45.2 Å². The number of esters is 2. The highest BCUT2D eigenvalue weighted by Gasteiger charge is 2.66. The minimum Gasteiger partial charge on any atom is -0.468 e. The van der Waals surface area contributed by atoms with E-state index in [0.29, 0.717) is 12.8 Å². The van der Waals surface area contributed by atoms with Crippen LogP contribution in [0.4, 0.5) is 0 Å². The van der Waals surface area contributed by atoms with Crippen LogP contribution in [0.25, 0.3) is 0 Å². The molecule has 2 fully saturated rings. The third-order valence-electron chi connectivity index (χ3n) is 4.74. The summed E-state index contributed by atoms with van der Waals surface area (Å²) in [5.41, 5.74) is -1.20. The Labute approximate surface area is 149 Å². The summed E-state index contributed by atoms with van der Waals surface area (Å²) in [7, 11) is 2.56. The summed E-state index contributed by atoms with van der Waals surface area (Å²) in [5, 5.41) is 0. The summed E-state index contributed by atoms with van der Waals surface area (Å²) in [6.07, 6.45) is 11.6. The van der Waals surface area contributed by atoms with Gasteiger partial charge < -0.3 is 18.9 Å². The molecule has 3 atom stereocenters. The standard InChI is InChI=1S/C19H28O6/c1-4-5-8-15(25-16-9-6-7-12-24-16)11-10-14-13-19(14,17(20)22-2)18(21)23-3/h4-5,10-11,14-16H,6-9,12-13H2,1-3H3. The van der Waals surface area contributed by atoms with E-state index in [1.807, 2.05) is 31.2 Å². The van der Waals surface area contributed by atoms with E-state index in [1.54, 1.807) is 0 Å². The molecular weight excluding hydrogens is 324 g/mol. The lowest BCUT2D eigenvalue weighted by Gasteiger charge is -2.26. The van der Waals surface area contributed by atoms with Gasteiger partial charge in [-0.1, -0.05) is 24.3 Å². The average Bonchev–Trinajstić information content (AvgIpc) is 3.39. The molecule has 25 heavy (non-hydrogen) atoms. The lowest BCUT2D eigenvalue weighted by Crippen LogP contribution is -2.30. The minimum absolute atomic E-state index is 0.159. The summed E-state index contributed by atoms with van der Waals surface area (Å²) >= 11 is 0. The minimum atomic E-state index is -1.20. The summed E-state index contributed by atoms with van der Waals surface area (Å²) in [6.45, 7) is 2.68. The van der Waals surface area contributed by atoms with Crippen LogP contribution in [0.3, 0.4) is 0 Å². The molecule has 6 nitrogen and oxygen atoms in total. The molecule has 0 aromatic carbocycles. The van der Waals surface area contributed by atoms with Crippen molar-refractivity contribution in [3.05, 3.63) is 24.3 Å². The van der Waals surface area contributed by atoms with Gasteiger partial charge in [0.15, 0.2) is 11.7 Å². The zero-order valence-electron chi connectivity index (χ0n) is 15.2. The Morgan fingerprint density at radius 3 is 2.52 bits per heavy atom. The second-order valence-electron chi connectivity index (χ2n) is 6.43. The van der Waals surface area contributed by atoms with Crippen LogP contribution in [0.2, 0.25) is 0 Å². The van der Waals surface area contributed by atoms with Gasteiger partial charge in [0.1, 0.15) is 0 Å². The molecule has 0 spiro atoms. The molecule has 0 radical (unpaired) electrons. The van der Waals surface area contributed by atoms with Gasteiger partial charge in [0.25, 0.3) is 0 Å². The average molecular weight is 352 g/mol. The van der Waals surface area contributed by atoms with Crippen LogP contribution in [0, 0.1) is 11.3 Å². The Morgan fingerprint density at radius 2 is 1.96 bits per heavy atom. The highest BCUT2D eigenvalue weighted by molar-refractivity contribution is 6.04. The van der Waals surface area contributed by atoms with E-state index in [2.05, 4.69) is 0 Å². The van der Waals surface area contributed by atoms with E-state index in [1.165, 1.54) is 14.2 Å². The van der Waals surface area contributed by atoms with E-state index in [0.717, 1.165) is 25.9 Å². The molecular formula is C19H28O6. The largest absolute Gasteiger partial charge is 0.468 e. The van der Waals surface area contributed by atoms with Crippen molar-refractivity contribution < 1.29 is 28.5 Å². The number of carbonyl (C=O) groups excluding carboxylic acids is 2. The Kier molecular flexibility index (Phi) is 7.20. The first kappa shape index (κ1) is 19.7. The Morgan fingerprint density at radius 1 is 1.24 bits per heavy atom. The van der Waals surface area contributed by atoms with Gasteiger partial charge in [0.2, 0.25) is 0 Å². The van der Waals surface area contributed by atoms with Gasteiger partial charge in [-0.25, -0.2) is 0 Å². The third kappa shape index (κ3) is 4.70. The van der Waals surface area contributed by atoms with Gasteiger partial charge in [0, 0.05) is 12.5 Å². The first-order chi connectivity index (χ1) is 12.1. The number of rotatable bonds is 8. The zero-order valence-corrected chi connectivity index (χ0v) is 15.2. The van der Waals surface area contributed by atoms with Crippen LogP contribution in [0.5, 0.6) is 0 Å². The summed E-state index contributed by atoms with van der Waals surface area (Å²) in [6, 6.07) is 0. The molecule has 6 heteroatoms. The van der Waals surface area contributed by atoms with Gasteiger partial charge in [-0.3, -0.25) is 9.59 Å². The fourth-order valence-corrected chi connectivity index (χ4v) is 3.16. The molecule has 0 amide bonds. The smallest absolute Gasteiger partial charge is 0.323 e. The molecule has 1 saturated heterocycles. The first-order valence-corrected chi connectivity index (χ1v) is 8.81.